The van der Waals surface area contributed by atoms with Gasteiger partial charge >= 0.3 is 0 Å². The first-order valence-electron chi connectivity index (χ1n) is 6.60. The molecule has 2 aliphatic rings. The molecule has 0 atom stereocenters. The van der Waals surface area contributed by atoms with E-state index in [-0.39, 0.29) is 11.8 Å². The van der Waals surface area contributed by atoms with Gasteiger partial charge in [0.2, 0.25) is 5.91 Å². The Labute approximate surface area is 122 Å². The SMILES string of the molecule is O=C(C1CNC1)N(Cc1ccc(Cl)c(Cl)c1)C1CC1. The lowest BCUT2D eigenvalue weighted by Crippen LogP contribution is -2.52. The fourth-order valence-corrected chi connectivity index (χ4v) is 2.63. The maximum Gasteiger partial charge on any atom is 0.228 e. The molecule has 5 heteroatoms. The highest BCUT2D eigenvalue weighted by molar-refractivity contribution is 6.42. The van der Waals surface area contributed by atoms with Gasteiger partial charge in [-0.1, -0.05) is 29.3 Å². The summed E-state index contributed by atoms with van der Waals surface area (Å²) in [6.07, 6.45) is 2.24. The van der Waals surface area contributed by atoms with Gasteiger partial charge in [-0.15, -0.1) is 0 Å². The van der Waals surface area contributed by atoms with Crippen LogP contribution in [0.2, 0.25) is 10.0 Å². The lowest BCUT2D eigenvalue weighted by Gasteiger charge is -2.32. The van der Waals surface area contributed by atoms with E-state index in [1.165, 1.54) is 0 Å². The molecule has 0 aromatic heterocycles. The molecule has 1 aliphatic heterocycles. The molecule has 1 saturated carbocycles. The minimum Gasteiger partial charge on any atom is -0.335 e. The summed E-state index contributed by atoms with van der Waals surface area (Å²) in [5.74, 6) is 0.427. The van der Waals surface area contributed by atoms with Crippen LogP contribution < -0.4 is 5.32 Å². The van der Waals surface area contributed by atoms with Crippen LogP contribution in [0.1, 0.15) is 18.4 Å². The average molecular weight is 299 g/mol. The molecular weight excluding hydrogens is 283 g/mol. The molecule has 1 aliphatic carbocycles. The van der Waals surface area contributed by atoms with Gasteiger partial charge in [0.05, 0.1) is 16.0 Å². The molecular formula is C14H16Cl2N2O. The number of benzene rings is 1. The molecule has 1 aromatic carbocycles. The van der Waals surface area contributed by atoms with E-state index in [9.17, 15) is 4.79 Å². The molecule has 3 nitrogen and oxygen atoms in total. The minimum atomic E-state index is 0.156. The maximum absolute atomic E-state index is 12.4. The molecule has 3 rings (SSSR count). The van der Waals surface area contributed by atoms with Crippen LogP contribution in [0.4, 0.5) is 0 Å². The highest BCUT2D eigenvalue weighted by Crippen LogP contribution is 2.31. The van der Waals surface area contributed by atoms with Gasteiger partial charge in [-0.05, 0) is 30.5 Å². The summed E-state index contributed by atoms with van der Waals surface area (Å²) in [5.41, 5.74) is 1.04. The Kier molecular flexibility index (Phi) is 3.70. The van der Waals surface area contributed by atoms with Crippen LogP contribution in [0.25, 0.3) is 0 Å². The second kappa shape index (κ2) is 5.31. The maximum atomic E-state index is 12.4. The molecule has 2 fully saturated rings. The summed E-state index contributed by atoms with van der Waals surface area (Å²) >= 11 is 11.9. The second-order valence-corrected chi connectivity index (χ2v) is 6.12. The van der Waals surface area contributed by atoms with Crippen molar-refractivity contribution in [2.45, 2.75) is 25.4 Å². The summed E-state index contributed by atoms with van der Waals surface area (Å²) in [6, 6.07) is 6.00. The van der Waals surface area contributed by atoms with Crippen LogP contribution >= 0.6 is 23.2 Å². The first-order valence-corrected chi connectivity index (χ1v) is 7.36. The smallest absolute Gasteiger partial charge is 0.228 e. The third-order valence-electron chi connectivity index (χ3n) is 3.74. The molecule has 0 bridgehead atoms. The van der Waals surface area contributed by atoms with Crippen molar-refractivity contribution in [3.8, 4) is 0 Å². The van der Waals surface area contributed by atoms with Gasteiger partial charge in [0, 0.05) is 25.7 Å². The van der Waals surface area contributed by atoms with Crippen LogP contribution in [0.5, 0.6) is 0 Å². The van der Waals surface area contributed by atoms with Crippen molar-refractivity contribution < 1.29 is 4.79 Å². The van der Waals surface area contributed by atoms with Crippen LogP contribution in [0.15, 0.2) is 18.2 Å². The van der Waals surface area contributed by atoms with Crippen molar-refractivity contribution in [2.24, 2.45) is 5.92 Å². The van der Waals surface area contributed by atoms with Crippen molar-refractivity contribution in [1.82, 2.24) is 10.2 Å². The summed E-state index contributed by atoms with van der Waals surface area (Å²) in [5, 5.41) is 4.25. The van der Waals surface area contributed by atoms with Gasteiger partial charge in [0.1, 0.15) is 0 Å². The molecule has 19 heavy (non-hydrogen) atoms. The predicted octanol–water partition coefficient (Wildman–Crippen LogP) is 2.70. The van der Waals surface area contributed by atoms with Gasteiger partial charge < -0.3 is 10.2 Å². The quantitative estimate of drug-likeness (QED) is 0.927. The minimum absolute atomic E-state index is 0.156. The van der Waals surface area contributed by atoms with Gasteiger partial charge in [-0.3, -0.25) is 4.79 Å². The average Bonchev–Trinajstić information content (AvgIpc) is 3.12. The lowest BCUT2D eigenvalue weighted by molar-refractivity contribution is -0.138. The van der Waals surface area contributed by atoms with Crippen molar-refractivity contribution >= 4 is 29.1 Å². The lowest BCUT2D eigenvalue weighted by atomic mass is 10.0. The number of hydrogen-bond donors (Lipinski definition) is 1. The number of carbonyl (C=O) groups excluding carboxylic acids is 1. The first-order chi connectivity index (χ1) is 9.15. The fraction of sp³-hybridized carbons (Fsp3) is 0.500. The van der Waals surface area contributed by atoms with Crippen LogP contribution in [0.3, 0.4) is 0 Å². The summed E-state index contributed by atoms with van der Waals surface area (Å²) in [7, 11) is 0. The van der Waals surface area contributed by atoms with Gasteiger partial charge in [-0.2, -0.15) is 0 Å². The summed E-state index contributed by atoms with van der Waals surface area (Å²) in [6.45, 7) is 2.25. The molecule has 1 amide bonds. The van der Waals surface area contributed by atoms with Crippen molar-refractivity contribution in [3.05, 3.63) is 33.8 Å². The van der Waals surface area contributed by atoms with Crippen LogP contribution in [0, 0.1) is 5.92 Å². The predicted molar refractivity (Wildman–Crippen MR) is 76.4 cm³/mol. The van der Waals surface area contributed by atoms with Gasteiger partial charge in [-0.25, -0.2) is 0 Å². The fourth-order valence-electron chi connectivity index (χ4n) is 2.31. The Morgan fingerprint density at radius 3 is 2.53 bits per heavy atom. The largest absolute Gasteiger partial charge is 0.335 e. The number of nitrogens with one attached hydrogen (secondary N) is 1. The highest BCUT2D eigenvalue weighted by atomic mass is 35.5. The van der Waals surface area contributed by atoms with E-state index in [0.29, 0.717) is 22.6 Å². The molecule has 0 unspecified atom stereocenters. The molecule has 0 radical (unpaired) electrons. The highest BCUT2D eigenvalue weighted by Gasteiger charge is 2.37. The van der Waals surface area contributed by atoms with Gasteiger partial charge in [0.15, 0.2) is 0 Å². The zero-order valence-electron chi connectivity index (χ0n) is 10.5. The topological polar surface area (TPSA) is 32.3 Å². The van der Waals surface area contributed by atoms with E-state index < -0.39 is 0 Å². The zero-order valence-corrected chi connectivity index (χ0v) is 12.0. The Morgan fingerprint density at radius 2 is 2.00 bits per heavy atom. The molecule has 0 spiro atoms. The molecule has 1 heterocycles. The zero-order chi connectivity index (χ0) is 13.4. The third kappa shape index (κ3) is 2.88. The van der Waals surface area contributed by atoms with E-state index in [2.05, 4.69) is 5.32 Å². The van der Waals surface area contributed by atoms with E-state index >= 15 is 0 Å². The molecule has 102 valence electrons. The van der Waals surface area contributed by atoms with E-state index in [1.807, 2.05) is 17.0 Å². The molecule has 1 aromatic rings. The van der Waals surface area contributed by atoms with Crippen molar-refractivity contribution in [2.75, 3.05) is 13.1 Å². The Bertz CT molecular complexity index is 498. The Balaban J connectivity index is 1.73. The number of nitrogens with zero attached hydrogens (tertiary/aromatic N) is 1. The molecule has 1 N–H and O–H groups in total. The van der Waals surface area contributed by atoms with E-state index in [0.717, 1.165) is 31.5 Å². The van der Waals surface area contributed by atoms with E-state index in [1.54, 1.807) is 6.07 Å². The third-order valence-corrected chi connectivity index (χ3v) is 4.48. The van der Waals surface area contributed by atoms with Crippen molar-refractivity contribution in [1.29, 1.82) is 0 Å². The van der Waals surface area contributed by atoms with Crippen LogP contribution in [-0.2, 0) is 11.3 Å². The monoisotopic (exact) mass is 298 g/mol. The number of halogens is 2. The van der Waals surface area contributed by atoms with Gasteiger partial charge in [0.25, 0.3) is 0 Å². The summed E-state index contributed by atoms with van der Waals surface area (Å²) < 4.78 is 0. The number of carbonyl (C=O) groups is 1. The number of rotatable bonds is 4. The normalized spacial score (nSPS) is 19.1. The number of hydrogen-bond acceptors (Lipinski definition) is 2. The Morgan fingerprint density at radius 1 is 1.26 bits per heavy atom. The summed E-state index contributed by atoms with van der Waals surface area (Å²) in [4.78, 5) is 14.4. The second-order valence-electron chi connectivity index (χ2n) is 5.30. The number of amides is 1. The molecule has 1 saturated heterocycles. The van der Waals surface area contributed by atoms with Crippen molar-refractivity contribution in [3.63, 3.8) is 0 Å². The van der Waals surface area contributed by atoms with E-state index in [4.69, 9.17) is 23.2 Å². The Hall–Kier alpha value is -0.770. The standard InChI is InChI=1S/C14H16Cl2N2O/c15-12-4-1-9(5-13(12)16)8-18(11-2-3-11)14(19)10-6-17-7-10/h1,4-5,10-11,17H,2-3,6-8H2. The van der Waals surface area contributed by atoms with Crippen LogP contribution in [-0.4, -0.2) is 29.9 Å². The first kappa shape index (κ1) is 13.2.